The quantitative estimate of drug-likeness (QED) is 0.821. The molecule has 0 saturated heterocycles. The van der Waals surface area contributed by atoms with Crippen molar-refractivity contribution in [2.24, 2.45) is 7.05 Å². The maximum absolute atomic E-state index is 12.2. The number of aryl methyl sites for hydroxylation is 2. The normalized spacial score (nSPS) is 10.7. The third-order valence-corrected chi connectivity index (χ3v) is 4.73. The molecular formula is C15H19ClN4OS. The summed E-state index contributed by atoms with van der Waals surface area (Å²) in [6.07, 6.45) is 3.23. The second-order valence-electron chi connectivity index (χ2n) is 4.83. The van der Waals surface area contributed by atoms with E-state index in [9.17, 15) is 4.79 Å². The monoisotopic (exact) mass is 338 g/mol. The van der Waals surface area contributed by atoms with Crippen LogP contribution in [0, 0.1) is 0 Å². The third kappa shape index (κ3) is 3.81. The van der Waals surface area contributed by atoms with Gasteiger partial charge in [0.2, 0.25) is 5.91 Å². The standard InChI is InChI=1S/C15H19ClN4OS/c1-4-10-6-7-12(16)11(5-2)14(10)18-13(21)8-22-15-19-17-9-20(15)3/h6-7,9H,4-5,8H2,1-3H3,(H,18,21). The van der Waals surface area contributed by atoms with Gasteiger partial charge in [-0.1, -0.05) is 43.3 Å². The number of hydrogen-bond acceptors (Lipinski definition) is 4. The van der Waals surface area contributed by atoms with E-state index in [1.54, 1.807) is 10.9 Å². The molecule has 0 bridgehead atoms. The van der Waals surface area contributed by atoms with Gasteiger partial charge >= 0.3 is 0 Å². The number of nitrogens with zero attached hydrogens (tertiary/aromatic N) is 3. The second kappa shape index (κ2) is 7.65. The number of halogens is 1. The van der Waals surface area contributed by atoms with Gasteiger partial charge in [-0.2, -0.15) is 0 Å². The van der Waals surface area contributed by atoms with Crippen LogP contribution in [0.25, 0.3) is 0 Å². The summed E-state index contributed by atoms with van der Waals surface area (Å²) in [5.74, 6) is 0.213. The number of hydrogen-bond donors (Lipinski definition) is 1. The Balaban J connectivity index is 2.11. The number of rotatable bonds is 6. The molecule has 0 fully saturated rings. The summed E-state index contributed by atoms with van der Waals surface area (Å²) in [7, 11) is 1.85. The fourth-order valence-electron chi connectivity index (χ4n) is 2.18. The molecule has 0 aliphatic heterocycles. The molecule has 118 valence electrons. The first-order valence-electron chi connectivity index (χ1n) is 7.13. The third-order valence-electron chi connectivity index (χ3n) is 3.34. The molecule has 0 aliphatic rings. The first-order valence-corrected chi connectivity index (χ1v) is 8.50. The minimum absolute atomic E-state index is 0.0698. The first-order chi connectivity index (χ1) is 10.6. The summed E-state index contributed by atoms with van der Waals surface area (Å²) in [5.41, 5.74) is 2.93. The molecule has 1 aromatic carbocycles. The number of carbonyl (C=O) groups excluding carboxylic acids is 1. The number of aromatic nitrogens is 3. The smallest absolute Gasteiger partial charge is 0.234 e. The van der Waals surface area contributed by atoms with Crippen LogP contribution < -0.4 is 5.32 Å². The lowest BCUT2D eigenvalue weighted by Gasteiger charge is -2.15. The molecule has 5 nitrogen and oxygen atoms in total. The minimum atomic E-state index is -0.0698. The Kier molecular flexibility index (Phi) is 5.85. The lowest BCUT2D eigenvalue weighted by Crippen LogP contribution is -2.17. The summed E-state index contributed by atoms with van der Waals surface area (Å²) in [4.78, 5) is 12.2. The van der Waals surface area contributed by atoms with Gasteiger partial charge in [-0.25, -0.2) is 0 Å². The van der Waals surface area contributed by atoms with Gasteiger partial charge in [-0.15, -0.1) is 10.2 Å². The van der Waals surface area contributed by atoms with Crippen molar-refractivity contribution in [1.82, 2.24) is 14.8 Å². The molecule has 22 heavy (non-hydrogen) atoms. The number of anilines is 1. The van der Waals surface area contributed by atoms with Crippen molar-refractivity contribution in [3.63, 3.8) is 0 Å². The topological polar surface area (TPSA) is 59.8 Å². The van der Waals surface area contributed by atoms with E-state index in [1.807, 2.05) is 26.1 Å². The van der Waals surface area contributed by atoms with Crippen molar-refractivity contribution in [3.05, 3.63) is 34.6 Å². The lowest BCUT2D eigenvalue weighted by molar-refractivity contribution is -0.113. The van der Waals surface area contributed by atoms with E-state index in [2.05, 4.69) is 22.4 Å². The average molecular weight is 339 g/mol. The molecule has 1 amide bonds. The predicted molar refractivity (Wildman–Crippen MR) is 90.6 cm³/mol. The van der Waals surface area contributed by atoms with Crippen LogP contribution in [-0.4, -0.2) is 26.4 Å². The van der Waals surface area contributed by atoms with Gasteiger partial charge in [0.15, 0.2) is 5.16 Å². The molecule has 2 aromatic rings. The summed E-state index contributed by atoms with van der Waals surface area (Å²) in [5, 5.41) is 12.2. The van der Waals surface area contributed by atoms with Crippen molar-refractivity contribution >= 4 is 35.0 Å². The van der Waals surface area contributed by atoms with Crippen LogP contribution in [0.15, 0.2) is 23.6 Å². The maximum atomic E-state index is 12.2. The largest absolute Gasteiger partial charge is 0.325 e. The number of benzene rings is 1. The van der Waals surface area contributed by atoms with Crippen molar-refractivity contribution in [1.29, 1.82) is 0 Å². The Morgan fingerprint density at radius 2 is 2.14 bits per heavy atom. The van der Waals surface area contributed by atoms with Gasteiger partial charge in [0.25, 0.3) is 0 Å². The van der Waals surface area contributed by atoms with Gasteiger partial charge in [-0.05, 0) is 30.0 Å². The van der Waals surface area contributed by atoms with E-state index in [0.29, 0.717) is 10.2 Å². The first kappa shape index (κ1) is 16.8. The Labute approximate surface area is 139 Å². The summed E-state index contributed by atoms with van der Waals surface area (Å²) >= 11 is 7.60. The highest BCUT2D eigenvalue weighted by Gasteiger charge is 2.14. The number of carbonyl (C=O) groups is 1. The van der Waals surface area contributed by atoms with Crippen LogP contribution in [-0.2, 0) is 24.7 Å². The van der Waals surface area contributed by atoms with E-state index < -0.39 is 0 Å². The predicted octanol–water partition coefficient (Wildman–Crippen LogP) is 3.32. The highest BCUT2D eigenvalue weighted by molar-refractivity contribution is 7.99. The molecule has 0 aliphatic carbocycles. The average Bonchev–Trinajstić information content (AvgIpc) is 2.91. The number of thioether (sulfide) groups is 1. The zero-order valence-electron chi connectivity index (χ0n) is 12.9. The molecule has 0 unspecified atom stereocenters. The van der Waals surface area contributed by atoms with Crippen LogP contribution in [0.4, 0.5) is 5.69 Å². The Bertz CT molecular complexity index is 672. The van der Waals surface area contributed by atoms with Gasteiger partial charge < -0.3 is 9.88 Å². The van der Waals surface area contributed by atoms with E-state index in [1.165, 1.54) is 11.8 Å². The highest BCUT2D eigenvalue weighted by atomic mass is 35.5. The Morgan fingerprint density at radius 1 is 1.36 bits per heavy atom. The zero-order chi connectivity index (χ0) is 16.1. The Hall–Kier alpha value is -1.53. The second-order valence-corrected chi connectivity index (χ2v) is 6.18. The zero-order valence-corrected chi connectivity index (χ0v) is 14.5. The van der Waals surface area contributed by atoms with Crippen molar-refractivity contribution in [3.8, 4) is 0 Å². The fourth-order valence-corrected chi connectivity index (χ4v) is 3.15. The summed E-state index contributed by atoms with van der Waals surface area (Å²) < 4.78 is 1.78. The van der Waals surface area contributed by atoms with E-state index in [0.717, 1.165) is 29.7 Å². The van der Waals surface area contributed by atoms with Gasteiger partial charge in [0, 0.05) is 17.8 Å². The van der Waals surface area contributed by atoms with E-state index in [4.69, 9.17) is 11.6 Å². The molecule has 0 saturated carbocycles. The van der Waals surface area contributed by atoms with Gasteiger partial charge in [0.1, 0.15) is 6.33 Å². The van der Waals surface area contributed by atoms with Crippen molar-refractivity contribution in [2.45, 2.75) is 31.8 Å². The SMILES string of the molecule is CCc1ccc(Cl)c(CC)c1NC(=O)CSc1nncn1C. The number of nitrogens with one attached hydrogen (secondary N) is 1. The molecule has 2 rings (SSSR count). The molecule has 7 heteroatoms. The molecule has 1 N–H and O–H groups in total. The Morgan fingerprint density at radius 3 is 2.73 bits per heavy atom. The van der Waals surface area contributed by atoms with Crippen LogP contribution in [0.5, 0.6) is 0 Å². The summed E-state index contributed by atoms with van der Waals surface area (Å²) in [6.45, 7) is 4.09. The molecule has 1 heterocycles. The van der Waals surface area contributed by atoms with Crippen LogP contribution in [0.3, 0.4) is 0 Å². The molecule has 1 aromatic heterocycles. The fraction of sp³-hybridized carbons (Fsp3) is 0.400. The van der Waals surface area contributed by atoms with Crippen LogP contribution in [0.2, 0.25) is 5.02 Å². The van der Waals surface area contributed by atoms with Gasteiger partial charge in [-0.3, -0.25) is 4.79 Å². The lowest BCUT2D eigenvalue weighted by atomic mass is 10.0. The van der Waals surface area contributed by atoms with E-state index >= 15 is 0 Å². The van der Waals surface area contributed by atoms with Crippen molar-refractivity contribution in [2.75, 3.05) is 11.1 Å². The molecule has 0 atom stereocenters. The highest BCUT2D eigenvalue weighted by Crippen LogP contribution is 2.29. The summed E-state index contributed by atoms with van der Waals surface area (Å²) in [6, 6.07) is 3.86. The van der Waals surface area contributed by atoms with Crippen LogP contribution in [0.1, 0.15) is 25.0 Å². The maximum Gasteiger partial charge on any atom is 0.234 e. The molecule has 0 spiro atoms. The van der Waals surface area contributed by atoms with Crippen LogP contribution >= 0.6 is 23.4 Å². The van der Waals surface area contributed by atoms with Gasteiger partial charge in [0.05, 0.1) is 5.75 Å². The van der Waals surface area contributed by atoms with E-state index in [-0.39, 0.29) is 11.7 Å². The molecule has 0 radical (unpaired) electrons. The number of amides is 1. The van der Waals surface area contributed by atoms with Crippen molar-refractivity contribution < 1.29 is 4.79 Å². The molecular weight excluding hydrogens is 320 g/mol. The minimum Gasteiger partial charge on any atom is -0.325 e.